The Balaban J connectivity index is 2.34. The van der Waals surface area contributed by atoms with Crippen molar-refractivity contribution in [1.82, 2.24) is 4.72 Å². The smallest absolute Gasteiger partial charge is 0.303 e. The molecule has 7 heteroatoms. The van der Waals surface area contributed by atoms with Crippen molar-refractivity contribution in [3.8, 4) is 0 Å². The van der Waals surface area contributed by atoms with Crippen LogP contribution in [0.5, 0.6) is 0 Å². The normalized spacial score (nSPS) is 11.2. The highest BCUT2D eigenvalue weighted by Crippen LogP contribution is 2.13. The van der Waals surface area contributed by atoms with E-state index in [-0.39, 0.29) is 11.3 Å². The van der Waals surface area contributed by atoms with E-state index in [0.29, 0.717) is 6.42 Å². The second-order valence-corrected chi connectivity index (χ2v) is 6.25. The number of aliphatic carboxylic acids is 1. The van der Waals surface area contributed by atoms with Gasteiger partial charge in [-0.3, -0.25) is 4.79 Å². The average molecular weight is 300 g/mol. The fraction of sp³-hybridized carbons (Fsp3) is 0.462. The average Bonchev–Trinajstić information content (AvgIpc) is 2.43. The number of carboxylic acid groups (broad SMARTS) is 1. The monoisotopic (exact) mass is 300 g/mol. The maximum absolute atomic E-state index is 11.5. The zero-order chi connectivity index (χ0) is 15.0. The number of sulfonamides is 1. The summed E-state index contributed by atoms with van der Waals surface area (Å²) in [5.41, 5.74) is 0.846. The van der Waals surface area contributed by atoms with Crippen LogP contribution in [0.4, 0.5) is 5.69 Å². The van der Waals surface area contributed by atoms with Crippen molar-refractivity contribution in [2.75, 3.05) is 18.9 Å². The van der Waals surface area contributed by atoms with Crippen molar-refractivity contribution in [3.63, 3.8) is 0 Å². The molecule has 3 N–H and O–H groups in total. The fourth-order valence-electron chi connectivity index (χ4n) is 1.68. The first-order valence-electron chi connectivity index (χ1n) is 6.45. The molecule has 1 aromatic carbocycles. The summed E-state index contributed by atoms with van der Waals surface area (Å²) < 4.78 is 25.3. The Labute approximate surface area is 119 Å². The largest absolute Gasteiger partial charge is 0.481 e. The third-order valence-corrected chi connectivity index (χ3v) is 4.26. The first-order valence-corrected chi connectivity index (χ1v) is 7.93. The summed E-state index contributed by atoms with van der Waals surface area (Å²) in [6.07, 6.45) is 2.61. The molecule has 0 bridgehead atoms. The summed E-state index contributed by atoms with van der Waals surface area (Å²) in [6.45, 7) is 0.734. The molecule has 0 atom stereocenters. The molecule has 1 rings (SSSR count). The topological polar surface area (TPSA) is 95.5 Å². The summed E-state index contributed by atoms with van der Waals surface area (Å²) >= 11 is 0. The van der Waals surface area contributed by atoms with E-state index < -0.39 is 16.0 Å². The van der Waals surface area contributed by atoms with Gasteiger partial charge >= 0.3 is 5.97 Å². The number of nitrogens with one attached hydrogen (secondary N) is 2. The standard InChI is InChI=1S/C13H20N2O4S/c1-14-20(18,19)12-8-6-11(7-9-12)15-10-4-2-3-5-13(16)17/h6-9,14-15H,2-5,10H2,1H3,(H,16,17). The van der Waals surface area contributed by atoms with E-state index in [1.807, 2.05) is 0 Å². The number of carbonyl (C=O) groups is 1. The molecule has 0 saturated heterocycles. The zero-order valence-electron chi connectivity index (χ0n) is 11.4. The molecule has 0 heterocycles. The number of rotatable bonds is 9. The third kappa shape index (κ3) is 5.58. The molecule has 20 heavy (non-hydrogen) atoms. The molecule has 0 radical (unpaired) electrons. The van der Waals surface area contributed by atoms with Gasteiger partial charge in [-0.05, 0) is 44.2 Å². The Hall–Kier alpha value is -1.60. The van der Waals surface area contributed by atoms with Crippen molar-refractivity contribution in [1.29, 1.82) is 0 Å². The maximum atomic E-state index is 11.5. The number of carboxylic acids is 1. The Morgan fingerprint density at radius 2 is 1.80 bits per heavy atom. The molecule has 0 unspecified atom stereocenters. The van der Waals surface area contributed by atoms with Crippen LogP contribution in [0, 0.1) is 0 Å². The highest BCUT2D eigenvalue weighted by Gasteiger charge is 2.09. The number of hydrogen-bond acceptors (Lipinski definition) is 4. The van der Waals surface area contributed by atoms with Crippen LogP contribution in [0.25, 0.3) is 0 Å². The summed E-state index contributed by atoms with van der Waals surface area (Å²) in [4.78, 5) is 10.6. The van der Waals surface area contributed by atoms with Crippen LogP contribution in [-0.4, -0.2) is 33.1 Å². The van der Waals surface area contributed by atoms with Crippen LogP contribution < -0.4 is 10.0 Å². The zero-order valence-corrected chi connectivity index (χ0v) is 12.2. The van der Waals surface area contributed by atoms with Crippen LogP contribution >= 0.6 is 0 Å². The van der Waals surface area contributed by atoms with E-state index in [2.05, 4.69) is 10.0 Å². The molecule has 0 aromatic heterocycles. The molecule has 0 fully saturated rings. The van der Waals surface area contributed by atoms with Crippen molar-refractivity contribution in [2.45, 2.75) is 30.6 Å². The first kappa shape index (κ1) is 16.5. The summed E-state index contributed by atoms with van der Waals surface area (Å²) in [5, 5.41) is 11.7. The van der Waals surface area contributed by atoms with Gasteiger partial charge < -0.3 is 10.4 Å². The van der Waals surface area contributed by atoms with Gasteiger partial charge in [-0.25, -0.2) is 13.1 Å². The Bertz CT molecular complexity index is 526. The lowest BCUT2D eigenvalue weighted by Gasteiger charge is -2.07. The highest BCUT2D eigenvalue weighted by atomic mass is 32.2. The lowest BCUT2D eigenvalue weighted by Crippen LogP contribution is -2.18. The molecule has 0 aliphatic rings. The fourth-order valence-corrected chi connectivity index (χ4v) is 2.41. The van der Waals surface area contributed by atoms with Gasteiger partial charge in [-0.1, -0.05) is 6.42 Å². The molecule has 112 valence electrons. The minimum absolute atomic E-state index is 0.205. The number of anilines is 1. The number of unbranched alkanes of at least 4 members (excludes halogenated alkanes) is 2. The molecule has 0 saturated carbocycles. The van der Waals surface area contributed by atoms with Gasteiger partial charge in [0, 0.05) is 18.7 Å². The molecule has 0 aliphatic heterocycles. The minimum Gasteiger partial charge on any atom is -0.481 e. The van der Waals surface area contributed by atoms with Gasteiger partial charge in [0.15, 0.2) is 0 Å². The Kier molecular flexibility index (Phi) is 6.47. The predicted molar refractivity (Wildman–Crippen MR) is 77.3 cm³/mol. The molecule has 0 spiro atoms. The lowest BCUT2D eigenvalue weighted by atomic mass is 10.2. The summed E-state index contributed by atoms with van der Waals surface area (Å²) in [6, 6.07) is 6.50. The second-order valence-electron chi connectivity index (χ2n) is 4.36. The van der Waals surface area contributed by atoms with Crippen LogP contribution in [0.3, 0.4) is 0 Å². The SMILES string of the molecule is CNS(=O)(=O)c1ccc(NCCCCCC(=O)O)cc1. The van der Waals surface area contributed by atoms with Crippen LogP contribution in [-0.2, 0) is 14.8 Å². The lowest BCUT2D eigenvalue weighted by molar-refractivity contribution is -0.137. The van der Waals surface area contributed by atoms with Gasteiger partial charge in [0.1, 0.15) is 0 Å². The Morgan fingerprint density at radius 1 is 1.15 bits per heavy atom. The van der Waals surface area contributed by atoms with Crippen molar-refractivity contribution in [3.05, 3.63) is 24.3 Å². The van der Waals surface area contributed by atoms with Crippen molar-refractivity contribution in [2.24, 2.45) is 0 Å². The molecule has 1 aromatic rings. The number of benzene rings is 1. The van der Waals surface area contributed by atoms with E-state index in [9.17, 15) is 13.2 Å². The van der Waals surface area contributed by atoms with E-state index in [1.54, 1.807) is 24.3 Å². The Morgan fingerprint density at radius 3 is 2.35 bits per heavy atom. The summed E-state index contributed by atoms with van der Waals surface area (Å²) in [7, 11) is -2.02. The third-order valence-electron chi connectivity index (χ3n) is 2.83. The van der Waals surface area contributed by atoms with Crippen LogP contribution in [0.2, 0.25) is 0 Å². The van der Waals surface area contributed by atoms with Gasteiger partial charge in [0.2, 0.25) is 10.0 Å². The number of hydrogen-bond donors (Lipinski definition) is 3. The van der Waals surface area contributed by atoms with Crippen molar-refractivity contribution >= 4 is 21.7 Å². The summed E-state index contributed by atoms with van der Waals surface area (Å²) in [5.74, 6) is -0.765. The molecular weight excluding hydrogens is 280 g/mol. The van der Waals surface area contributed by atoms with E-state index >= 15 is 0 Å². The minimum atomic E-state index is -3.39. The van der Waals surface area contributed by atoms with Gasteiger partial charge in [-0.15, -0.1) is 0 Å². The van der Waals surface area contributed by atoms with E-state index in [0.717, 1.165) is 25.1 Å². The van der Waals surface area contributed by atoms with Gasteiger partial charge in [0.05, 0.1) is 4.90 Å². The predicted octanol–water partition coefficient (Wildman–Crippen LogP) is 1.65. The van der Waals surface area contributed by atoms with E-state index in [1.165, 1.54) is 7.05 Å². The highest BCUT2D eigenvalue weighted by molar-refractivity contribution is 7.89. The molecular formula is C13H20N2O4S. The van der Waals surface area contributed by atoms with Gasteiger partial charge in [-0.2, -0.15) is 0 Å². The maximum Gasteiger partial charge on any atom is 0.303 e. The molecule has 0 aliphatic carbocycles. The molecule has 6 nitrogen and oxygen atoms in total. The first-order chi connectivity index (χ1) is 9.45. The van der Waals surface area contributed by atoms with Crippen LogP contribution in [0.15, 0.2) is 29.2 Å². The quantitative estimate of drug-likeness (QED) is 0.603. The van der Waals surface area contributed by atoms with Crippen LogP contribution in [0.1, 0.15) is 25.7 Å². The van der Waals surface area contributed by atoms with Gasteiger partial charge in [0.25, 0.3) is 0 Å². The molecule has 0 amide bonds. The second kappa shape index (κ2) is 7.86. The van der Waals surface area contributed by atoms with E-state index in [4.69, 9.17) is 5.11 Å². The van der Waals surface area contributed by atoms with Crippen molar-refractivity contribution < 1.29 is 18.3 Å².